The number of benzene rings is 1. The molecule has 39 heavy (non-hydrogen) atoms. The van der Waals surface area contributed by atoms with E-state index < -0.39 is 21.7 Å². The third-order valence-electron chi connectivity index (χ3n) is 7.04. The van der Waals surface area contributed by atoms with Crippen molar-refractivity contribution < 1.29 is 25.2 Å². The first-order chi connectivity index (χ1) is 18.5. The molecule has 0 unspecified atom stereocenters. The molecule has 1 saturated carbocycles. The number of piperidine rings is 1. The Morgan fingerprint density at radius 3 is 2.69 bits per heavy atom. The van der Waals surface area contributed by atoms with E-state index in [2.05, 4.69) is 9.71 Å². The number of nitrogens with zero attached hydrogens (tertiary/aromatic N) is 3. The van der Waals surface area contributed by atoms with Gasteiger partial charge < -0.3 is 15.4 Å². The van der Waals surface area contributed by atoms with Crippen LogP contribution in [0.5, 0.6) is 5.75 Å². The van der Waals surface area contributed by atoms with Crippen LogP contribution in [0, 0.1) is 17.2 Å². The van der Waals surface area contributed by atoms with Crippen LogP contribution in [0.3, 0.4) is 0 Å². The molecule has 1 spiro atoms. The van der Waals surface area contributed by atoms with E-state index in [4.69, 9.17) is 15.5 Å². The number of halogens is 1. The van der Waals surface area contributed by atoms with Crippen LogP contribution in [0.4, 0.5) is 16.0 Å². The van der Waals surface area contributed by atoms with Crippen LogP contribution in [0.15, 0.2) is 53.6 Å². The Labute approximate surface area is 230 Å². The third kappa shape index (κ3) is 6.13. The fraction of sp³-hybridized carbons (Fsp3) is 0.393. The largest absolute Gasteiger partial charge is 0.493 e. The van der Waals surface area contributed by atoms with Crippen molar-refractivity contribution >= 4 is 27.6 Å². The number of nitrogen functional groups attached to an aromatic ring is 1. The number of amides is 1. The van der Waals surface area contributed by atoms with Crippen molar-refractivity contribution in [1.29, 1.82) is 0 Å². The van der Waals surface area contributed by atoms with Gasteiger partial charge in [-0.3, -0.25) is 4.79 Å². The van der Waals surface area contributed by atoms with Gasteiger partial charge in [-0.2, -0.15) is 8.42 Å². The second-order valence-electron chi connectivity index (χ2n) is 10.8. The number of anilines is 2. The zero-order chi connectivity index (χ0) is 27.8. The second-order valence-corrected chi connectivity index (χ2v) is 12.4. The summed E-state index contributed by atoms with van der Waals surface area (Å²) in [4.78, 5) is 24.0. The third-order valence-corrected chi connectivity index (χ3v) is 8.27. The first-order valence-electron chi connectivity index (χ1n) is 13.0. The van der Waals surface area contributed by atoms with E-state index in [0.717, 1.165) is 32.2 Å². The number of rotatable bonds is 8. The standard InChI is InChI=1S/C28H32FN5O4S.2H2/c1-18(2)16-38-21-14-19(13-20(29)15-21)23-8-7-22(26(31-23)34-12-4-9-28(17-34)10-11-28)27(35)33-39(36,37)25-6-3-5-24(30)32-25;;/h3,5-8,13-15,18H,4,9-12,16-17H2,1-2H3,(H2,30,32)(H,33,35);2*1H. The molecule has 5 rings (SSSR count). The van der Waals surface area contributed by atoms with Crippen molar-refractivity contribution in [3.8, 4) is 17.0 Å². The van der Waals surface area contributed by atoms with Gasteiger partial charge in [0.1, 0.15) is 23.2 Å². The van der Waals surface area contributed by atoms with Gasteiger partial charge in [-0.15, -0.1) is 0 Å². The lowest BCUT2D eigenvalue weighted by molar-refractivity contribution is 0.0981. The van der Waals surface area contributed by atoms with E-state index in [-0.39, 0.29) is 30.6 Å². The van der Waals surface area contributed by atoms with Crippen LogP contribution < -0.4 is 20.1 Å². The Morgan fingerprint density at radius 1 is 1.18 bits per heavy atom. The lowest BCUT2D eigenvalue weighted by Gasteiger charge is -2.35. The topological polar surface area (TPSA) is 128 Å². The molecule has 1 aromatic carbocycles. The summed E-state index contributed by atoms with van der Waals surface area (Å²) in [5.41, 5.74) is 6.90. The number of hydrogen-bond acceptors (Lipinski definition) is 8. The van der Waals surface area contributed by atoms with Crippen molar-refractivity contribution in [2.75, 3.05) is 30.3 Å². The van der Waals surface area contributed by atoms with Crippen LogP contribution in [0.25, 0.3) is 11.3 Å². The molecule has 9 nitrogen and oxygen atoms in total. The summed E-state index contributed by atoms with van der Waals surface area (Å²) in [5, 5.41) is -0.356. The van der Waals surface area contributed by atoms with Crippen LogP contribution in [0.2, 0.25) is 0 Å². The average molecular weight is 558 g/mol. The monoisotopic (exact) mass is 557 g/mol. The number of nitrogens with one attached hydrogen (secondary N) is 1. The fourth-order valence-corrected chi connectivity index (χ4v) is 5.81. The van der Waals surface area contributed by atoms with Gasteiger partial charge in [-0.1, -0.05) is 19.9 Å². The molecule has 3 aromatic rings. The van der Waals surface area contributed by atoms with Gasteiger partial charge in [0.05, 0.1) is 17.9 Å². The molecule has 11 heteroatoms. The molecular formula is C28H36FN5O4S. The SMILES string of the molecule is CC(C)COc1cc(F)cc(-c2ccc(C(=O)NS(=O)(=O)c3cccc(N)n3)c(N3CCCC4(CC4)C3)n2)c1.[HH].[HH]. The molecule has 1 aliphatic carbocycles. The molecule has 2 fully saturated rings. The molecule has 0 bridgehead atoms. The maximum atomic E-state index is 14.5. The van der Waals surface area contributed by atoms with Gasteiger partial charge in [0.25, 0.3) is 15.9 Å². The second kappa shape index (κ2) is 10.4. The molecule has 3 N–H and O–H groups in total. The summed E-state index contributed by atoms with van der Waals surface area (Å²) >= 11 is 0. The molecule has 0 atom stereocenters. The number of aromatic nitrogens is 2. The minimum Gasteiger partial charge on any atom is -0.493 e. The lowest BCUT2D eigenvalue weighted by Crippen LogP contribution is -2.39. The summed E-state index contributed by atoms with van der Waals surface area (Å²) in [5.74, 6) is -0.255. The minimum atomic E-state index is -4.28. The minimum absolute atomic E-state index is 0. The number of hydrogen-bond donors (Lipinski definition) is 2. The Hall–Kier alpha value is -3.73. The first kappa shape index (κ1) is 26.9. The van der Waals surface area contributed by atoms with Gasteiger partial charge in [0.2, 0.25) is 0 Å². The molecule has 2 aromatic heterocycles. The van der Waals surface area contributed by atoms with Gasteiger partial charge in [0.15, 0.2) is 5.03 Å². The quantitative estimate of drug-likeness (QED) is 0.401. The van der Waals surface area contributed by atoms with E-state index in [0.29, 0.717) is 36.0 Å². The van der Waals surface area contributed by atoms with Gasteiger partial charge in [-0.05, 0) is 73.4 Å². The van der Waals surface area contributed by atoms with Gasteiger partial charge in [0, 0.05) is 27.6 Å². The number of sulfonamides is 1. The van der Waals surface area contributed by atoms with E-state index in [1.807, 2.05) is 18.7 Å². The number of carbonyl (C=O) groups is 1. The Kier molecular flexibility index (Phi) is 7.19. The number of nitrogens with two attached hydrogens (primary N) is 1. The van der Waals surface area contributed by atoms with Gasteiger partial charge in [-0.25, -0.2) is 19.1 Å². The van der Waals surface area contributed by atoms with Crippen molar-refractivity contribution in [3.63, 3.8) is 0 Å². The van der Waals surface area contributed by atoms with E-state index >= 15 is 0 Å². The molecule has 1 saturated heterocycles. The Morgan fingerprint density at radius 2 is 1.97 bits per heavy atom. The first-order valence-corrected chi connectivity index (χ1v) is 14.5. The van der Waals surface area contributed by atoms with Crippen molar-refractivity contribution in [2.45, 2.75) is 44.6 Å². The Bertz CT molecular complexity index is 1520. The summed E-state index contributed by atoms with van der Waals surface area (Å²) in [6.07, 6.45) is 4.27. The highest BCUT2D eigenvalue weighted by Gasteiger charge is 2.46. The number of ether oxygens (including phenoxy) is 1. The molecule has 2 aliphatic rings. The van der Waals surface area contributed by atoms with Crippen molar-refractivity contribution in [2.24, 2.45) is 11.3 Å². The highest BCUT2D eigenvalue weighted by atomic mass is 32.2. The summed E-state index contributed by atoms with van der Waals surface area (Å²) in [6.45, 7) is 5.85. The van der Waals surface area contributed by atoms with E-state index in [1.165, 1.54) is 36.4 Å². The van der Waals surface area contributed by atoms with Crippen molar-refractivity contribution in [3.05, 3.63) is 59.9 Å². The summed E-state index contributed by atoms with van der Waals surface area (Å²) in [7, 11) is -4.28. The normalized spacial score (nSPS) is 16.4. The summed E-state index contributed by atoms with van der Waals surface area (Å²) in [6, 6.07) is 11.7. The highest BCUT2D eigenvalue weighted by molar-refractivity contribution is 7.90. The maximum Gasteiger partial charge on any atom is 0.281 e. The van der Waals surface area contributed by atoms with E-state index in [9.17, 15) is 17.6 Å². The van der Waals surface area contributed by atoms with Gasteiger partial charge >= 0.3 is 0 Å². The maximum absolute atomic E-state index is 14.5. The van der Waals surface area contributed by atoms with Crippen LogP contribution >= 0.6 is 0 Å². The lowest BCUT2D eigenvalue weighted by atomic mass is 9.94. The van der Waals surface area contributed by atoms with Crippen LogP contribution in [-0.4, -0.2) is 44.0 Å². The van der Waals surface area contributed by atoms with Crippen LogP contribution in [-0.2, 0) is 10.0 Å². The highest BCUT2D eigenvalue weighted by Crippen LogP contribution is 2.52. The predicted molar refractivity (Wildman–Crippen MR) is 151 cm³/mol. The Balaban J connectivity index is 0.00000231. The average Bonchev–Trinajstić information content (AvgIpc) is 3.64. The molecule has 3 heterocycles. The molecule has 0 radical (unpaired) electrons. The predicted octanol–water partition coefficient (Wildman–Crippen LogP) is 4.89. The number of pyridine rings is 2. The fourth-order valence-electron chi connectivity index (χ4n) is 4.87. The zero-order valence-corrected chi connectivity index (χ0v) is 22.8. The zero-order valence-electron chi connectivity index (χ0n) is 22.0. The number of carbonyl (C=O) groups excluding carboxylic acids is 1. The molecular weight excluding hydrogens is 521 g/mol. The molecule has 1 aliphatic heterocycles. The molecule has 1 amide bonds. The smallest absolute Gasteiger partial charge is 0.281 e. The van der Waals surface area contributed by atoms with Crippen LogP contribution in [0.1, 0.15) is 52.7 Å². The summed E-state index contributed by atoms with van der Waals surface area (Å²) < 4.78 is 48.2. The van der Waals surface area contributed by atoms with E-state index in [1.54, 1.807) is 12.1 Å². The molecule has 210 valence electrons. The van der Waals surface area contributed by atoms with Crippen molar-refractivity contribution in [1.82, 2.24) is 14.7 Å².